The third-order valence-corrected chi connectivity index (χ3v) is 10.9. The van der Waals surface area contributed by atoms with Gasteiger partial charge in [0.2, 0.25) is 11.8 Å². The Morgan fingerprint density at radius 2 is 1.84 bits per heavy atom. The number of carbonyl (C=O) groups is 4. The number of amides is 3. The van der Waals surface area contributed by atoms with Crippen molar-refractivity contribution in [3.05, 3.63) is 90.5 Å². The molecule has 268 valence electrons. The number of hydrogen-bond acceptors (Lipinski definition) is 7. The van der Waals surface area contributed by atoms with Gasteiger partial charge in [-0.25, -0.2) is 0 Å². The quantitative estimate of drug-likeness (QED) is 0.177. The van der Waals surface area contributed by atoms with Crippen molar-refractivity contribution in [2.75, 3.05) is 18.1 Å². The Morgan fingerprint density at radius 3 is 2.48 bits per heavy atom. The highest BCUT2D eigenvalue weighted by atomic mass is 35.5. The molecule has 3 saturated heterocycles. The molecule has 2 bridgehead atoms. The molecule has 2 aromatic carbocycles. The molecule has 5 rings (SSSR count). The summed E-state index contributed by atoms with van der Waals surface area (Å²) in [7, 11) is 0. The van der Waals surface area contributed by atoms with E-state index in [1.165, 1.54) is 9.80 Å². The van der Waals surface area contributed by atoms with Gasteiger partial charge < -0.3 is 29.7 Å². The van der Waals surface area contributed by atoms with Crippen LogP contribution in [-0.2, 0) is 28.7 Å². The molecule has 3 aliphatic heterocycles. The number of likely N-dealkylation sites (tertiary alicyclic amines) is 1. The highest BCUT2D eigenvalue weighted by molar-refractivity contribution is 6.34. The van der Waals surface area contributed by atoms with E-state index < -0.39 is 65.6 Å². The van der Waals surface area contributed by atoms with Gasteiger partial charge in [0.1, 0.15) is 17.7 Å². The van der Waals surface area contributed by atoms with Gasteiger partial charge in [-0.1, -0.05) is 86.5 Å². The van der Waals surface area contributed by atoms with Gasteiger partial charge in [0.25, 0.3) is 5.91 Å². The number of rotatable bonds is 16. The van der Waals surface area contributed by atoms with Crippen LogP contribution in [0.5, 0.6) is 0 Å². The van der Waals surface area contributed by atoms with Gasteiger partial charge in [-0.2, -0.15) is 0 Å². The Bertz CT molecular complexity index is 1590. The van der Waals surface area contributed by atoms with Crippen LogP contribution in [-0.4, -0.2) is 76.7 Å². The van der Waals surface area contributed by atoms with E-state index in [0.717, 1.165) is 0 Å². The summed E-state index contributed by atoms with van der Waals surface area (Å²) in [5.74, 6) is -3.89. The van der Waals surface area contributed by atoms with Gasteiger partial charge in [-0.3, -0.25) is 19.2 Å². The van der Waals surface area contributed by atoms with Gasteiger partial charge in [0.05, 0.1) is 47.3 Å². The number of anilines is 1. The lowest BCUT2D eigenvalue weighted by atomic mass is 9.70. The van der Waals surface area contributed by atoms with E-state index >= 15 is 0 Å². The number of esters is 1. The van der Waals surface area contributed by atoms with E-state index in [1.54, 1.807) is 43.3 Å². The van der Waals surface area contributed by atoms with Crippen LogP contribution in [0.2, 0.25) is 5.02 Å². The second-order valence-electron chi connectivity index (χ2n) is 13.6. The molecule has 0 saturated carbocycles. The summed E-state index contributed by atoms with van der Waals surface area (Å²) in [5.41, 5.74) is -0.203. The first kappa shape index (κ1) is 37.3. The van der Waals surface area contributed by atoms with Crippen LogP contribution in [0.3, 0.4) is 0 Å². The Labute approximate surface area is 299 Å². The monoisotopic (exact) mass is 705 g/mol. The molecule has 3 fully saturated rings. The van der Waals surface area contributed by atoms with Crippen LogP contribution in [0.4, 0.5) is 5.69 Å². The second-order valence-corrected chi connectivity index (χ2v) is 14.0. The fraction of sp³-hybridized carbons (Fsp3) is 0.487. The summed E-state index contributed by atoms with van der Waals surface area (Å²) >= 11 is 6.60. The van der Waals surface area contributed by atoms with Crippen LogP contribution in [0.1, 0.15) is 64.5 Å². The Balaban J connectivity index is 1.53. The van der Waals surface area contributed by atoms with Crippen molar-refractivity contribution in [1.82, 2.24) is 10.2 Å². The third-order valence-electron chi connectivity index (χ3n) is 10.6. The minimum Gasteiger partial charge on any atom is -0.455 e. The number of nitrogens with one attached hydrogen (secondary N) is 1. The fourth-order valence-corrected chi connectivity index (χ4v) is 8.24. The first-order chi connectivity index (χ1) is 24.0. The molecular formula is C39H48ClN3O7. The zero-order valence-corrected chi connectivity index (χ0v) is 29.8. The van der Waals surface area contributed by atoms with Crippen LogP contribution in [0.25, 0.3) is 0 Å². The van der Waals surface area contributed by atoms with Gasteiger partial charge in [-0.15, -0.1) is 13.2 Å². The maximum Gasteiger partial charge on any atom is 0.313 e. The van der Waals surface area contributed by atoms with E-state index in [1.807, 2.05) is 44.2 Å². The number of ether oxygens (including phenoxy) is 2. The topological polar surface area (TPSA) is 125 Å². The van der Waals surface area contributed by atoms with E-state index in [9.17, 15) is 24.3 Å². The molecule has 2 N–H and O–H groups in total. The van der Waals surface area contributed by atoms with Crippen molar-refractivity contribution < 1.29 is 33.8 Å². The minimum absolute atomic E-state index is 0.110. The van der Waals surface area contributed by atoms with E-state index in [-0.39, 0.29) is 31.4 Å². The number of nitrogens with zero attached hydrogens (tertiary/aromatic N) is 2. The lowest BCUT2D eigenvalue weighted by Gasteiger charge is -2.41. The van der Waals surface area contributed by atoms with Gasteiger partial charge in [-0.05, 0) is 49.8 Å². The largest absolute Gasteiger partial charge is 0.455 e. The van der Waals surface area contributed by atoms with Gasteiger partial charge >= 0.3 is 5.97 Å². The number of allylic oxidation sites excluding steroid dienone is 1. The van der Waals surface area contributed by atoms with Crippen molar-refractivity contribution >= 4 is 41.0 Å². The average molecular weight is 706 g/mol. The molecule has 50 heavy (non-hydrogen) atoms. The predicted molar refractivity (Wildman–Crippen MR) is 191 cm³/mol. The zero-order chi connectivity index (χ0) is 36.2. The SMILES string of the molecule is C=CCCC(=O)N[C@H](C)[C@@H](OC(=O)[C@@H]1[C@@H]2CC[C@]3(O2)[C@H](C(=O)N(CC=C)c2ccccc2Cl)N([C@@H](CO)[C@@H](C)CC)C(=O)[C@@H]13)c1ccccc1. The highest BCUT2D eigenvalue weighted by Crippen LogP contribution is 2.60. The fourth-order valence-electron chi connectivity index (χ4n) is 8.00. The maximum absolute atomic E-state index is 14.9. The molecule has 1 spiro atoms. The minimum atomic E-state index is -1.34. The summed E-state index contributed by atoms with van der Waals surface area (Å²) in [6, 6.07) is 13.6. The van der Waals surface area contributed by atoms with E-state index in [0.29, 0.717) is 42.0 Å². The second kappa shape index (κ2) is 15.9. The van der Waals surface area contributed by atoms with Crippen molar-refractivity contribution in [3.63, 3.8) is 0 Å². The Morgan fingerprint density at radius 1 is 1.14 bits per heavy atom. The number of carbonyl (C=O) groups excluding carboxylic acids is 4. The molecule has 0 unspecified atom stereocenters. The van der Waals surface area contributed by atoms with Crippen LogP contribution >= 0.6 is 11.6 Å². The van der Waals surface area contributed by atoms with Crippen molar-refractivity contribution in [3.8, 4) is 0 Å². The molecule has 11 heteroatoms. The summed E-state index contributed by atoms with van der Waals surface area (Å²) in [6.07, 6.45) is 3.92. The van der Waals surface area contributed by atoms with Crippen molar-refractivity contribution in [2.45, 2.75) is 88.8 Å². The number of para-hydroxylation sites is 1. The Kier molecular flexibility index (Phi) is 11.9. The summed E-state index contributed by atoms with van der Waals surface area (Å²) in [5, 5.41) is 14.0. The standard InChI is InChI=1S/C39H48ClN3O7/c1-6-9-19-31(45)41-25(5)34(26-15-11-10-12-16-26)49-38(48)32-30-20-21-39(50-30)33(32)36(46)43(29(23-44)24(4)8-3)35(39)37(47)42(22-7-2)28-18-14-13-17-27(28)40/h6-7,10-18,24-25,29-30,32-35,44H,1-2,8-9,19-23H2,3-5H3,(H,41,45)/t24-,25+,29-,30-,32+,33+,34+,35-,39+/m0/s1. The molecular weight excluding hydrogens is 658 g/mol. The normalized spacial score (nSPS) is 26.0. The zero-order valence-electron chi connectivity index (χ0n) is 29.0. The molecule has 0 aromatic heterocycles. The lowest BCUT2D eigenvalue weighted by molar-refractivity contribution is -0.162. The molecule has 9 atom stereocenters. The number of halogens is 1. The van der Waals surface area contributed by atoms with Gasteiger partial charge in [0, 0.05) is 13.0 Å². The average Bonchev–Trinajstić information content (AvgIpc) is 3.76. The van der Waals surface area contributed by atoms with E-state index in [2.05, 4.69) is 18.5 Å². The Hall–Kier alpha value is -3.99. The molecule has 3 amide bonds. The van der Waals surface area contributed by atoms with Crippen LogP contribution in [0.15, 0.2) is 79.9 Å². The number of benzene rings is 2. The molecule has 2 aromatic rings. The summed E-state index contributed by atoms with van der Waals surface area (Å²) < 4.78 is 12.9. The molecule has 0 aliphatic carbocycles. The predicted octanol–water partition coefficient (Wildman–Crippen LogP) is 5.40. The summed E-state index contributed by atoms with van der Waals surface area (Å²) in [6.45, 7) is 12.9. The molecule has 3 aliphatic rings. The van der Waals surface area contributed by atoms with E-state index in [4.69, 9.17) is 21.1 Å². The number of fused-ring (bicyclic) bond motifs is 1. The number of aliphatic hydroxyl groups excluding tert-OH is 1. The highest BCUT2D eigenvalue weighted by Gasteiger charge is 2.76. The molecule has 0 radical (unpaired) electrons. The number of aliphatic hydroxyl groups is 1. The molecule has 10 nitrogen and oxygen atoms in total. The number of hydrogen-bond donors (Lipinski definition) is 2. The van der Waals surface area contributed by atoms with Crippen molar-refractivity contribution in [2.24, 2.45) is 17.8 Å². The summed E-state index contributed by atoms with van der Waals surface area (Å²) in [4.78, 5) is 59.8. The first-order valence-electron chi connectivity index (χ1n) is 17.5. The lowest BCUT2D eigenvalue weighted by Crippen LogP contribution is -2.60. The first-order valence-corrected chi connectivity index (χ1v) is 17.9. The smallest absolute Gasteiger partial charge is 0.313 e. The van der Waals surface area contributed by atoms with Crippen molar-refractivity contribution in [1.29, 1.82) is 0 Å². The van der Waals surface area contributed by atoms with Crippen LogP contribution in [0, 0.1) is 17.8 Å². The maximum atomic E-state index is 14.9. The third kappa shape index (κ3) is 6.85. The van der Waals surface area contributed by atoms with Crippen LogP contribution < -0.4 is 10.2 Å². The molecule has 3 heterocycles. The van der Waals surface area contributed by atoms with Gasteiger partial charge in [0.15, 0.2) is 0 Å².